The third-order valence-electron chi connectivity index (χ3n) is 4.39. The Bertz CT molecular complexity index is 605. The fourth-order valence-corrected chi connectivity index (χ4v) is 4.11. The zero-order valence-electron chi connectivity index (χ0n) is 12.8. The maximum Gasteiger partial charge on any atom is 0.119 e. The number of aryl methyl sites for hydroxylation is 2. The summed E-state index contributed by atoms with van der Waals surface area (Å²) >= 11 is 1.87. The third-order valence-corrected chi connectivity index (χ3v) is 5.36. The molecule has 3 heteroatoms. The molecule has 0 bridgehead atoms. The number of hydrogen-bond acceptors (Lipinski definition) is 3. The maximum atomic E-state index is 5.35. The summed E-state index contributed by atoms with van der Waals surface area (Å²) in [7, 11) is 1.74. The number of hydrogen-bond donors (Lipinski definition) is 1. The van der Waals surface area contributed by atoms with Gasteiger partial charge in [-0.15, -0.1) is 11.3 Å². The molecule has 1 aliphatic rings. The number of nitrogens with one attached hydrogen (secondary N) is 1. The van der Waals surface area contributed by atoms with Crippen molar-refractivity contribution in [3.05, 3.63) is 51.2 Å². The van der Waals surface area contributed by atoms with Gasteiger partial charge in [-0.1, -0.05) is 13.0 Å². The summed E-state index contributed by atoms with van der Waals surface area (Å²) in [5.74, 6) is 0.973. The minimum absolute atomic E-state index is 0.478. The highest BCUT2D eigenvalue weighted by atomic mass is 32.1. The van der Waals surface area contributed by atoms with Crippen molar-refractivity contribution in [2.45, 2.75) is 45.2 Å². The fraction of sp³-hybridized carbons (Fsp3) is 0.444. The molecule has 1 aromatic heterocycles. The second-order valence-corrected chi connectivity index (χ2v) is 6.61. The van der Waals surface area contributed by atoms with E-state index in [-0.39, 0.29) is 0 Å². The van der Waals surface area contributed by atoms with Gasteiger partial charge in [0, 0.05) is 17.5 Å². The van der Waals surface area contributed by atoms with Crippen molar-refractivity contribution in [2.75, 3.05) is 7.11 Å². The van der Waals surface area contributed by atoms with Gasteiger partial charge in [0.2, 0.25) is 0 Å². The standard InChI is InChI=1S/C18H23NOS/c1-3-13-9-10-21-18(13)12-19-17-6-4-5-14-11-15(20-2)7-8-16(14)17/h7-11,17,19H,3-6,12H2,1-2H3. The number of rotatable bonds is 5. The second kappa shape index (κ2) is 6.63. The van der Waals surface area contributed by atoms with Crippen LogP contribution in [0.15, 0.2) is 29.6 Å². The Kier molecular flexibility index (Phi) is 4.61. The Morgan fingerprint density at radius 1 is 1.33 bits per heavy atom. The van der Waals surface area contributed by atoms with Crippen molar-refractivity contribution in [3.8, 4) is 5.75 Å². The van der Waals surface area contributed by atoms with Crippen molar-refractivity contribution in [3.63, 3.8) is 0 Å². The molecule has 3 rings (SSSR count). The smallest absolute Gasteiger partial charge is 0.119 e. The van der Waals surface area contributed by atoms with Crippen LogP contribution >= 0.6 is 11.3 Å². The summed E-state index contributed by atoms with van der Waals surface area (Å²) in [6.07, 6.45) is 4.78. The highest BCUT2D eigenvalue weighted by molar-refractivity contribution is 7.10. The Morgan fingerprint density at radius 2 is 2.24 bits per heavy atom. The third kappa shape index (κ3) is 3.14. The van der Waals surface area contributed by atoms with Crippen LogP contribution in [0.5, 0.6) is 5.75 Å². The molecule has 0 saturated carbocycles. The number of methoxy groups -OCH3 is 1. The van der Waals surface area contributed by atoms with E-state index in [0.717, 1.165) is 18.7 Å². The molecule has 1 atom stereocenters. The van der Waals surface area contributed by atoms with E-state index in [4.69, 9.17) is 4.74 Å². The summed E-state index contributed by atoms with van der Waals surface area (Å²) in [4.78, 5) is 1.48. The monoisotopic (exact) mass is 301 g/mol. The van der Waals surface area contributed by atoms with Gasteiger partial charge in [0.25, 0.3) is 0 Å². The summed E-state index contributed by atoms with van der Waals surface area (Å²) in [5, 5.41) is 5.97. The molecule has 1 aliphatic carbocycles. The number of benzene rings is 1. The minimum atomic E-state index is 0.478. The van der Waals surface area contributed by atoms with Crippen LogP contribution in [-0.4, -0.2) is 7.11 Å². The predicted molar refractivity (Wildman–Crippen MR) is 89.2 cm³/mol. The topological polar surface area (TPSA) is 21.3 Å². The van der Waals surface area contributed by atoms with Crippen LogP contribution in [-0.2, 0) is 19.4 Å². The summed E-state index contributed by atoms with van der Waals surface area (Å²) in [6.45, 7) is 3.21. The SMILES string of the molecule is CCc1ccsc1CNC1CCCc2cc(OC)ccc21. The van der Waals surface area contributed by atoms with Crippen molar-refractivity contribution in [1.29, 1.82) is 0 Å². The normalized spacial score (nSPS) is 17.5. The Morgan fingerprint density at radius 3 is 3.05 bits per heavy atom. The van der Waals surface area contributed by atoms with Gasteiger partial charge in [0.05, 0.1) is 7.11 Å². The van der Waals surface area contributed by atoms with Crippen molar-refractivity contribution < 1.29 is 4.74 Å². The van der Waals surface area contributed by atoms with Crippen LogP contribution in [0, 0.1) is 0 Å². The fourth-order valence-electron chi connectivity index (χ4n) is 3.18. The molecule has 0 spiro atoms. The van der Waals surface area contributed by atoms with Crippen LogP contribution < -0.4 is 10.1 Å². The zero-order chi connectivity index (χ0) is 14.7. The van der Waals surface area contributed by atoms with Gasteiger partial charge in [-0.2, -0.15) is 0 Å². The Labute approximate surface area is 131 Å². The molecular weight excluding hydrogens is 278 g/mol. The van der Waals surface area contributed by atoms with Crippen molar-refractivity contribution in [2.24, 2.45) is 0 Å². The first kappa shape index (κ1) is 14.6. The quantitative estimate of drug-likeness (QED) is 0.879. The molecule has 112 valence electrons. The lowest BCUT2D eigenvalue weighted by atomic mass is 9.87. The molecule has 1 unspecified atom stereocenters. The van der Waals surface area contributed by atoms with Crippen molar-refractivity contribution >= 4 is 11.3 Å². The molecule has 0 aliphatic heterocycles. The molecule has 0 fully saturated rings. The first-order valence-corrected chi connectivity index (χ1v) is 8.65. The first-order valence-electron chi connectivity index (χ1n) is 7.77. The van der Waals surface area contributed by atoms with E-state index in [9.17, 15) is 0 Å². The van der Waals surface area contributed by atoms with Gasteiger partial charge in [0.15, 0.2) is 0 Å². The number of thiophene rings is 1. The molecule has 0 saturated heterocycles. The van der Waals surface area contributed by atoms with Crippen LogP contribution in [0.2, 0.25) is 0 Å². The average Bonchev–Trinajstić information content (AvgIpc) is 2.99. The molecule has 1 aromatic carbocycles. The first-order chi connectivity index (χ1) is 10.3. The molecule has 1 heterocycles. The maximum absolute atomic E-state index is 5.35. The second-order valence-electron chi connectivity index (χ2n) is 5.61. The highest BCUT2D eigenvalue weighted by Gasteiger charge is 2.20. The number of ether oxygens (including phenoxy) is 1. The zero-order valence-corrected chi connectivity index (χ0v) is 13.6. The van der Waals surface area contributed by atoms with E-state index in [0.29, 0.717) is 6.04 Å². The molecule has 2 aromatic rings. The lowest BCUT2D eigenvalue weighted by molar-refractivity contribution is 0.410. The van der Waals surface area contributed by atoms with Crippen LogP contribution in [0.4, 0.5) is 0 Å². The van der Waals surface area contributed by atoms with Crippen molar-refractivity contribution in [1.82, 2.24) is 5.32 Å². The van der Waals surface area contributed by atoms with Crippen LogP contribution in [0.3, 0.4) is 0 Å². The summed E-state index contributed by atoms with van der Waals surface area (Å²) < 4.78 is 5.35. The van der Waals surface area contributed by atoms with E-state index >= 15 is 0 Å². The van der Waals surface area contributed by atoms with Gasteiger partial charge in [-0.05, 0) is 66.0 Å². The molecule has 1 N–H and O–H groups in total. The molecule has 2 nitrogen and oxygen atoms in total. The van der Waals surface area contributed by atoms with E-state index in [1.807, 2.05) is 11.3 Å². The Hall–Kier alpha value is -1.32. The predicted octanol–water partition coefficient (Wildman–Crippen LogP) is 4.49. The minimum Gasteiger partial charge on any atom is -0.497 e. The van der Waals surface area contributed by atoms with E-state index in [2.05, 4.69) is 41.9 Å². The van der Waals surface area contributed by atoms with E-state index < -0.39 is 0 Å². The largest absolute Gasteiger partial charge is 0.497 e. The van der Waals surface area contributed by atoms with Gasteiger partial charge in [-0.25, -0.2) is 0 Å². The Balaban J connectivity index is 1.73. The molecular formula is C18H23NOS. The van der Waals surface area contributed by atoms with Gasteiger partial charge in [0.1, 0.15) is 5.75 Å². The van der Waals surface area contributed by atoms with Crippen LogP contribution in [0.25, 0.3) is 0 Å². The van der Waals surface area contributed by atoms with Gasteiger partial charge in [-0.3, -0.25) is 0 Å². The molecule has 0 amide bonds. The number of fused-ring (bicyclic) bond motifs is 1. The van der Waals surface area contributed by atoms with Gasteiger partial charge < -0.3 is 10.1 Å². The average molecular weight is 301 g/mol. The van der Waals surface area contributed by atoms with E-state index in [1.165, 1.54) is 40.8 Å². The summed E-state index contributed by atoms with van der Waals surface area (Å²) in [5.41, 5.74) is 4.38. The highest BCUT2D eigenvalue weighted by Crippen LogP contribution is 2.32. The summed E-state index contributed by atoms with van der Waals surface area (Å²) in [6, 6.07) is 9.25. The molecule has 0 radical (unpaired) electrons. The van der Waals surface area contributed by atoms with Crippen LogP contribution in [0.1, 0.15) is 47.4 Å². The lowest BCUT2D eigenvalue weighted by Crippen LogP contribution is -2.24. The lowest BCUT2D eigenvalue weighted by Gasteiger charge is -2.27. The van der Waals surface area contributed by atoms with Gasteiger partial charge >= 0.3 is 0 Å². The van der Waals surface area contributed by atoms with E-state index in [1.54, 1.807) is 7.11 Å². The molecule has 21 heavy (non-hydrogen) atoms.